The van der Waals surface area contributed by atoms with Crippen LogP contribution in [0.5, 0.6) is 0 Å². The van der Waals surface area contributed by atoms with Gasteiger partial charge in [-0.05, 0) is 24.6 Å². The van der Waals surface area contributed by atoms with Gasteiger partial charge in [0.15, 0.2) is 0 Å². The van der Waals surface area contributed by atoms with E-state index in [-0.39, 0.29) is 24.4 Å². The third-order valence-corrected chi connectivity index (χ3v) is 4.00. The number of urea groups is 1. The Morgan fingerprint density at radius 3 is 2.96 bits per heavy atom. The number of nitro groups is 1. The number of hydrogen-bond donors (Lipinski definition) is 1. The molecule has 1 unspecified atom stereocenters. The summed E-state index contributed by atoms with van der Waals surface area (Å²) in [5.41, 5.74) is 0.681. The molecule has 2 aromatic rings. The average molecular weight is 345 g/mol. The van der Waals surface area contributed by atoms with Crippen LogP contribution in [-0.4, -0.2) is 35.6 Å². The van der Waals surface area contributed by atoms with Gasteiger partial charge >= 0.3 is 6.03 Å². The molecule has 0 spiro atoms. The Morgan fingerprint density at radius 2 is 2.24 bits per heavy atom. The summed E-state index contributed by atoms with van der Waals surface area (Å²) in [6.45, 7) is 3.39. The van der Waals surface area contributed by atoms with Crippen molar-refractivity contribution < 1.29 is 18.9 Å². The topological polar surface area (TPSA) is 97.9 Å². The van der Waals surface area contributed by atoms with Gasteiger partial charge < -0.3 is 19.4 Å². The number of non-ortho nitro benzene ring substituents is 1. The smallest absolute Gasteiger partial charge is 0.317 e. The highest BCUT2D eigenvalue weighted by Gasteiger charge is 2.27. The van der Waals surface area contributed by atoms with Crippen LogP contribution < -0.4 is 5.32 Å². The van der Waals surface area contributed by atoms with Crippen molar-refractivity contribution in [3.8, 4) is 0 Å². The summed E-state index contributed by atoms with van der Waals surface area (Å²) in [5.74, 6) is 1.50. The molecule has 1 aromatic heterocycles. The van der Waals surface area contributed by atoms with Crippen molar-refractivity contribution >= 4 is 11.7 Å². The standard InChI is InChI=1S/C17H19N3O5/c1-12-5-6-15(25-12)16-11-19(7-8-24-16)17(21)18-10-13-3-2-4-14(9-13)20(22)23/h2-6,9,16H,7-8,10-11H2,1H3,(H,18,21). The summed E-state index contributed by atoms with van der Waals surface area (Å²) in [5, 5.41) is 13.6. The number of benzene rings is 1. The fraction of sp³-hybridized carbons (Fsp3) is 0.353. The highest BCUT2D eigenvalue weighted by Crippen LogP contribution is 2.24. The average Bonchev–Trinajstić information content (AvgIpc) is 3.06. The van der Waals surface area contributed by atoms with Crippen LogP contribution in [0.2, 0.25) is 0 Å². The van der Waals surface area contributed by atoms with Gasteiger partial charge in [-0.25, -0.2) is 4.79 Å². The number of nitrogens with one attached hydrogen (secondary N) is 1. The van der Waals surface area contributed by atoms with E-state index in [1.807, 2.05) is 19.1 Å². The molecule has 0 bridgehead atoms. The molecule has 1 aliphatic rings. The molecule has 0 radical (unpaired) electrons. The Bertz CT molecular complexity index is 773. The molecule has 1 atom stereocenters. The van der Waals surface area contributed by atoms with E-state index >= 15 is 0 Å². The van der Waals surface area contributed by atoms with Gasteiger partial charge in [-0.15, -0.1) is 0 Å². The van der Waals surface area contributed by atoms with Gasteiger partial charge in [-0.1, -0.05) is 12.1 Å². The van der Waals surface area contributed by atoms with E-state index in [0.29, 0.717) is 31.0 Å². The number of furan rings is 1. The van der Waals surface area contributed by atoms with Crippen LogP contribution in [0.15, 0.2) is 40.8 Å². The first-order valence-electron chi connectivity index (χ1n) is 7.97. The van der Waals surface area contributed by atoms with Crippen LogP contribution in [0.3, 0.4) is 0 Å². The van der Waals surface area contributed by atoms with Crippen LogP contribution in [0.4, 0.5) is 10.5 Å². The van der Waals surface area contributed by atoms with E-state index in [2.05, 4.69) is 5.32 Å². The molecule has 1 saturated heterocycles. The van der Waals surface area contributed by atoms with E-state index in [0.717, 1.165) is 5.76 Å². The normalized spacial score (nSPS) is 17.3. The van der Waals surface area contributed by atoms with Crippen LogP contribution in [0.1, 0.15) is 23.2 Å². The van der Waals surface area contributed by atoms with Crippen molar-refractivity contribution in [2.45, 2.75) is 19.6 Å². The zero-order chi connectivity index (χ0) is 17.8. The number of rotatable bonds is 4. The molecule has 8 heteroatoms. The zero-order valence-electron chi connectivity index (χ0n) is 13.8. The second-order valence-corrected chi connectivity index (χ2v) is 5.84. The lowest BCUT2D eigenvalue weighted by molar-refractivity contribution is -0.384. The fourth-order valence-corrected chi connectivity index (χ4v) is 2.70. The van der Waals surface area contributed by atoms with Crippen molar-refractivity contribution in [1.82, 2.24) is 10.2 Å². The van der Waals surface area contributed by atoms with Crippen molar-refractivity contribution in [3.63, 3.8) is 0 Å². The molecule has 8 nitrogen and oxygen atoms in total. The van der Waals surface area contributed by atoms with Gasteiger partial charge in [0, 0.05) is 25.2 Å². The molecule has 1 aromatic carbocycles. The molecule has 1 N–H and O–H groups in total. The van der Waals surface area contributed by atoms with Crippen molar-refractivity contribution in [3.05, 3.63) is 63.6 Å². The number of nitrogens with zero attached hydrogens (tertiary/aromatic N) is 2. The Hall–Kier alpha value is -2.87. The van der Waals surface area contributed by atoms with Gasteiger partial charge in [0.05, 0.1) is 18.1 Å². The number of carbonyl (C=O) groups excluding carboxylic acids is 1. The van der Waals surface area contributed by atoms with Gasteiger partial charge in [0.1, 0.15) is 17.6 Å². The lowest BCUT2D eigenvalue weighted by Crippen LogP contribution is -2.46. The molecule has 2 amide bonds. The van der Waals surface area contributed by atoms with Crippen LogP contribution in [0, 0.1) is 17.0 Å². The third kappa shape index (κ3) is 4.16. The first-order valence-corrected chi connectivity index (χ1v) is 7.97. The highest BCUT2D eigenvalue weighted by molar-refractivity contribution is 5.74. The number of morpholine rings is 1. The van der Waals surface area contributed by atoms with Gasteiger partial charge in [-0.2, -0.15) is 0 Å². The summed E-state index contributed by atoms with van der Waals surface area (Å²) >= 11 is 0. The Morgan fingerprint density at radius 1 is 1.40 bits per heavy atom. The van der Waals surface area contributed by atoms with Crippen molar-refractivity contribution in [2.24, 2.45) is 0 Å². The second kappa shape index (κ2) is 7.35. The van der Waals surface area contributed by atoms with E-state index in [1.165, 1.54) is 12.1 Å². The Kier molecular flexibility index (Phi) is 4.99. The molecule has 132 valence electrons. The lowest BCUT2D eigenvalue weighted by atomic mass is 10.2. The molecule has 3 rings (SSSR count). The molecule has 2 heterocycles. The number of carbonyl (C=O) groups is 1. The highest BCUT2D eigenvalue weighted by atomic mass is 16.6. The molecule has 0 saturated carbocycles. The number of ether oxygens (including phenoxy) is 1. The zero-order valence-corrected chi connectivity index (χ0v) is 13.8. The minimum atomic E-state index is -0.455. The summed E-state index contributed by atoms with van der Waals surface area (Å²) in [6.07, 6.45) is -0.286. The molecular weight excluding hydrogens is 326 g/mol. The third-order valence-electron chi connectivity index (χ3n) is 4.00. The quantitative estimate of drug-likeness (QED) is 0.679. The molecule has 1 aliphatic heterocycles. The molecular formula is C17H19N3O5. The Labute approximate surface area is 144 Å². The molecule has 25 heavy (non-hydrogen) atoms. The van der Waals surface area contributed by atoms with Crippen molar-refractivity contribution in [2.75, 3.05) is 19.7 Å². The SMILES string of the molecule is Cc1ccc(C2CN(C(=O)NCc3cccc([N+](=O)[O-])c3)CCO2)o1. The first kappa shape index (κ1) is 17.0. The van der Waals surface area contributed by atoms with E-state index in [1.54, 1.807) is 17.0 Å². The lowest BCUT2D eigenvalue weighted by Gasteiger charge is -2.32. The van der Waals surface area contributed by atoms with Crippen molar-refractivity contribution in [1.29, 1.82) is 0 Å². The maximum absolute atomic E-state index is 12.4. The minimum absolute atomic E-state index is 0.00590. The first-order chi connectivity index (χ1) is 12.0. The maximum atomic E-state index is 12.4. The van der Waals surface area contributed by atoms with E-state index in [9.17, 15) is 14.9 Å². The minimum Gasteiger partial charge on any atom is -0.464 e. The van der Waals surface area contributed by atoms with Crippen LogP contribution in [0.25, 0.3) is 0 Å². The number of aryl methyl sites for hydroxylation is 1. The van der Waals surface area contributed by atoms with Gasteiger partial charge in [0.2, 0.25) is 0 Å². The summed E-state index contributed by atoms with van der Waals surface area (Å²) in [7, 11) is 0. The van der Waals surface area contributed by atoms with Crippen LogP contribution >= 0.6 is 0 Å². The number of amides is 2. The summed E-state index contributed by atoms with van der Waals surface area (Å²) in [4.78, 5) is 24.4. The molecule has 0 aliphatic carbocycles. The Balaban J connectivity index is 1.57. The summed E-state index contributed by atoms with van der Waals surface area (Å²) in [6, 6.07) is 9.69. The largest absolute Gasteiger partial charge is 0.464 e. The predicted molar refractivity (Wildman–Crippen MR) is 89.0 cm³/mol. The second-order valence-electron chi connectivity index (χ2n) is 5.84. The van der Waals surface area contributed by atoms with Gasteiger partial charge in [-0.3, -0.25) is 10.1 Å². The number of nitro benzene ring substituents is 1. The summed E-state index contributed by atoms with van der Waals surface area (Å²) < 4.78 is 11.2. The maximum Gasteiger partial charge on any atom is 0.317 e. The fourth-order valence-electron chi connectivity index (χ4n) is 2.70. The van der Waals surface area contributed by atoms with E-state index in [4.69, 9.17) is 9.15 Å². The predicted octanol–water partition coefficient (Wildman–Crippen LogP) is 2.78. The van der Waals surface area contributed by atoms with Gasteiger partial charge in [0.25, 0.3) is 5.69 Å². The molecule has 1 fully saturated rings. The number of hydrogen-bond acceptors (Lipinski definition) is 5. The monoisotopic (exact) mass is 345 g/mol. The van der Waals surface area contributed by atoms with Crippen LogP contribution in [-0.2, 0) is 11.3 Å². The van der Waals surface area contributed by atoms with E-state index < -0.39 is 4.92 Å².